The maximum atomic E-state index is 14.0. The molecule has 2 bridgehead atoms. The molecule has 1 aliphatic carbocycles. The van der Waals surface area contributed by atoms with Crippen molar-refractivity contribution < 1.29 is 23.9 Å². The maximum absolute atomic E-state index is 14.0. The van der Waals surface area contributed by atoms with Gasteiger partial charge in [0.15, 0.2) is 11.4 Å². The number of fused-ring (bicyclic) bond motifs is 3. The first-order valence-electron chi connectivity index (χ1n) is 13.4. The highest BCUT2D eigenvalue weighted by Gasteiger charge is 2.75. The minimum atomic E-state index is -1.31. The van der Waals surface area contributed by atoms with Crippen molar-refractivity contribution in [1.29, 1.82) is 0 Å². The maximum Gasteiger partial charge on any atom is 0.415 e. The summed E-state index contributed by atoms with van der Waals surface area (Å²) in [7, 11) is 0. The molecule has 2 amide bonds. The zero-order chi connectivity index (χ0) is 28.2. The van der Waals surface area contributed by atoms with Crippen LogP contribution in [0.25, 0.3) is 10.9 Å². The van der Waals surface area contributed by atoms with E-state index in [0.29, 0.717) is 48.6 Å². The molecule has 39 heavy (non-hydrogen) atoms. The summed E-state index contributed by atoms with van der Waals surface area (Å²) in [6, 6.07) is 13.1. The first kappa shape index (κ1) is 27.1. The molecule has 3 aromatic rings. The molecule has 8 nitrogen and oxygen atoms in total. The number of carbonyl (C=O) groups is 3. The van der Waals surface area contributed by atoms with Crippen molar-refractivity contribution in [2.75, 3.05) is 18.4 Å². The van der Waals surface area contributed by atoms with Crippen LogP contribution in [0.2, 0.25) is 5.02 Å². The lowest BCUT2D eigenvalue weighted by Gasteiger charge is -2.35. The van der Waals surface area contributed by atoms with Gasteiger partial charge in [0.2, 0.25) is 0 Å². The number of benzene rings is 2. The van der Waals surface area contributed by atoms with Crippen molar-refractivity contribution in [3.05, 3.63) is 59.2 Å². The van der Waals surface area contributed by atoms with Crippen LogP contribution in [0.1, 0.15) is 53.0 Å². The molecule has 1 saturated carbocycles. The summed E-state index contributed by atoms with van der Waals surface area (Å²) < 4.78 is 13.7. The first-order chi connectivity index (χ1) is 18.5. The molecule has 9 heteroatoms. The molecule has 1 N–H and O–H groups in total. The van der Waals surface area contributed by atoms with E-state index < -0.39 is 28.4 Å². The number of halogens is 1. The van der Waals surface area contributed by atoms with E-state index in [1.54, 1.807) is 11.0 Å². The van der Waals surface area contributed by atoms with E-state index >= 15 is 0 Å². The molecule has 0 radical (unpaired) electrons. The van der Waals surface area contributed by atoms with Crippen molar-refractivity contribution in [3.63, 3.8) is 0 Å². The summed E-state index contributed by atoms with van der Waals surface area (Å²) in [5, 5.41) is 4.40. The Hall–Kier alpha value is -3.52. The molecular formula is C30H34ClN3O5. The van der Waals surface area contributed by atoms with E-state index in [2.05, 4.69) is 9.88 Å². The number of nitrogens with one attached hydrogen (secondary N) is 1. The number of amides is 2. The monoisotopic (exact) mass is 551 g/mol. The molecule has 1 aromatic heterocycles. The zero-order valence-electron chi connectivity index (χ0n) is 23.0. The Morgan fingerprint density at radius 1 is 1.05 bits per heavy atom. The highest BCUT2D eigenvalue weighted by atomic mass is 35.5. The Balaban J connectivity index is 1.55. The molecule has 1 aliphatic heterocycles. The van der Waals surface area contributed by atoms with Crippen molar-refractivity contribution in [2.24, 2.45) is 10.8 Å². The van der Waals surface area contributed by atoms with Crippen molar-refractivity contribution >= 4 is 46.2 Å². The van der Waals surface area contributed by atoms with Crippen LogP contribution in [0.4, 0.5) is 10.5 Å². The van der Waals surface area contributed by atoms with Gasteiger partial charge in [-0.15, -0.1) is 0 Å². The Labute approximate surface area is 233 Å². The molecule has 206 valence electrons. The van der Waals surface area contributed by atoms with Crippen LogP contribution in [-0.2, 0) is 20.9 Å². The second-order valence-corrected chi connectivity index (χ2v) is 11.5. The summed E-state index contributed by atoms with van der Waals surface area (Å²) in [6.45, 7) is 11.0. The number of nitrogens with zero attached hydrogens (tertiary/aromatic N) is 2. The van der Waals surface area contributed by atoms with Gasteiger partial charge in [-0.25, -0.2) is 4.79 Å². The van der Waals surface area contributed by atoms with Crippen LogP contribution < -0.4 is 10.1 Å². The molecule has 2 atom stereocenters. The highest BCUT2D eigenvalue weighted by molar-refractivity contribution is 6.30. The van der Waals surface area contributed by atoms with Gasteiger partial charge in [-0.2, -0.15) is 0 Å². The van der Waals surface area contributed by atoms with Gasteiger partial charge in [-0.3, -0.25) is 9.59 Å². The smallest absolute Gasteiger partial charge is 0.415 e. The first-order valence-corrected chi connectivity index (χ1v) is 13.7. The van der Waals surface area contributed by atoms with E-state index in [1.165, 1.54) is 0 Å². The Morgan fingerprint density at radius 3 is 2.33 bits per heavy atom. The summed E-state index contributed by atoms with van der Waals surface area (Å²) >= 11 is 6.05. The average Bonchev–Trinajstić information content (AvgIpc) is 3.44. The zero-order valence-corrected chi connectivity index (χ0v) is 23.7. The molecule has 2 aliphatic rings. The number of ether oxygens (including phenoxy) is 2. The van der Waals surface area contributed by atoms with Crippen molar-refractivity contribution in [1.82, 2.24) is 9.47 Å². The largest absolute Gasteiger partial charge is 0.448 e. The number of anilines is 1. The SMILES string of the molecule is CCN(CC)C(=O)Oc1ccc2c(ccn2Cc2ccc(Cl)cc2)c1NC(=O)[C@@]12CC[C@@](C)(C(=O)O1)C2(C)C. The van der Waals surface area contributed by atoms with Gasteiger partial charge in [-0.05, 0) is 69.5 Å². The molecule has 2 heterocycles. The molecule has 2 fully saturated rings. The van der Waals surface area contributed by atoms with E-state index in [-0.39, 0.29) is 11.7 Å². The van der Waals surface area contributed by atoms with E-state index in [4.69, 9.17) is 21.1 Å². The normalized spacial score (nSPS) is 23.1. The predicted molar refractivity (Wildman–Crippen MR) is 150 cm³/mol. The van der Waals surface area contributed by atoms with E-state index in [1.807, 2.05) is 77.2 Å². The number of hydrogen-bond acceptors (Lipinski definition) is 5. The van der Waals surface area contributed by atoms with Gasteiger partial charge in [0.1, 0.15) is 0 Å². The van der Waals surface area contributed by atoms with Crippen LogP contribution in [0.3, 0.4) is 0 Å². The summed E-state index contributed by atoms with van der Waals surface area (Å²) in [5.74, 6) is -0.536. The van der Waals surface area contributed by atoms with E-state index in [0.717, 1.165) is 11.1 Å². The molecule has 5 rings (SSSR count). The predicted octanol–water partition coefficient (Wildman–Crippen LogP) is 6.24. The number of carbonyl (C=O) groups excluding carboxylic acids is 3. The highest BCUT2D eigenvalue weighted by Crippen LogP contribution is 2.65. The quantitative estimate of drug-likeness (QED) is 0.351. The third-order valence-corrected chi connectivity index (χ3v) is 9.34. The Bertz CT molecular complexity index is 1460. The standard InChI is InChI=1S/C30H34ClN3O5/c1-6-33(7-2)27(37)38-23-13-12-22-21(14-17-34(22)18-19-8-10-20(31)11-9-19)24(23)32-25(35)30-16-15-29(5,26(36)39-30)28(30,3)4/h8-14,17H,6-7,15-16,18H2,1-5H3,(H,32,35)/t29-,30+/m0/s1. The van der Waals surface area contributed by atoms with Crippen LogP contribution in [-0.4, -0.2) is 46.1 Å². The summed E-state index contributed by atoms with van der Waals surface area (Å²) in [5.41, 5.74) is -0.492. The van der Waals surface area contributed by atoms with Crippen LogP contribution in [0.15, 0.2) is 48.7 Å². The van der Waals surface area contributed by atoms with Gasteiger partial charge in [0.05, 0.1) is 16.6 Å². The fraction of sp³-hybridized carbons (Fsp3) is 0.433. The Kier molecular flexibility index (Phi) is 6.66. The van der Waals surface area contributed by atoms with Crippen LogP contribution >= 0.6 is 11.6 Å². The van der Waals surface area contributed by atoms with Crippen LogP contribution in [0, 0.1) is 10.8 Å². The van der Waals surface area contributed by atoms with Gasteiger partial charge in [0, 0.05) is 41.7 Å². The minimum Gasteiger partial charge on any atom is -0.448 e. The third-order valence-electron chi connectivity index (χ3n) is 9.09. The fourth-order valence-electron chi connectivity index (χ4n) is 5.99. The number of rotatable bonds is 7. The molecule has 2 aromatic carbocycles. The Morgan fingerprint density at radius 2 is 1.74 bits per heavy atom. The van der Waals surface area contributed by atoms with Gasteiger partial charge >= 0.3 is 12.1 Å². The number of hydrogen-bond donors (Lipinski definition) is 1. The second kappa shape index (κ2) is 9.59. The third kappa shape index (κ3) is 4.07. The summed E-state index contributed by atoms with van der Waals surface area (Å²) in [4.78, 5) is 41.3. The molecule has 0 spiro atoms. The average molecular weight is 552 g/mol. The van der Waals surface area contributed by atoms with Crippen molar-refractivity contribution in [3.8, 4) is 5.75 Å². The molecule has 0 unspecified atom stereocenters. The lowest BCUT2D eigenvalue weighted by Crippen LogP contribution is -2.50. The molecular weight excluding hydrogens is 518 g/mol. The lowest BCUT2D eigenvalue weighted by molar-refractivity contribution is -0.165. The molecule has 1 saturated heterocycles. The number of esters is 1. The topological polar surface area (TPSA) is 89.9 Å². The lowest BCUT2D eigenvalue weighted by atomic mass is 9.66. The summed E-state index contributed by atoms with van der Waals surface area (Å²) in [6.07, 6.45) is 2.42. The second-order valence-electron chi connectivity index (χ2n) is 11.1. The van der Waals surface area contributed by atoms with Gasteiger partial charge in [-0.1, -0.05) is 37.6 Å². The van der Waals surface area contributed by atoms with Crippen molar-refractivity contribution in [2.45, 2.75) is 59.6 Å². The van der Waals surface area contributed by atoms with E-state index in [9.17, 15) is 14.4 Å². The van der Waals surface area contributed by atoms with Crippen LogP contribution in [0.5, 0.6) is 5.75 Å². The fourth-order valence-corrected chi connectivity index (χ4v) is 6.12. The van der Waals surface area contributed by atoms with Gasteiger partial charge < -0.3 is 24.3 Å². The number of aromatic nitrogens is 1. The van der Waals surface area contributed by atoms with Gasteiger partial charge in [0.25, 0.3) is 5.91 Å². The minimum absolute atomic E-state index is 0.233.